The Morgan fingerprint density at radius 3 is 2.86 bits per heavy atom. The minimum absolute atomic E-state index is 0.0815. The van der Waals surface area contributed by atoms with Crippen LogP contribution in [0.3, 0.4) is 0 Å². The Kier molecular flexibility index (Phi) is 3.50. The minimum atomic E-state index is -0.0815. The van der Waals surface area contributed by atoms with Gasteiger partial charge in [0.15, 0.2) is 5.58 Å². The molecule has 1 amide bonds. The van der Waals surface area contributed by atoms with Gasteiger partial charge in [-0.3, -0.25) is 10.1 Å². The molecule has 0 saturated carbocycles. The number of amides is 1. The molecule has 0 fully saturated rings. The maximum Gasteiger partial charge on any atom is 0.323 e. The van der Waals surface area contributed by atoms with Crippen LogP contribution in [0, 0.1) is 6.92 Å². The number of aromatic nitrogens is 3. The monoisotopic (exact) mass is 301 g/mol. The van der Waals surface area contributed by atoms with Crippen LogP contribution >= 0.6 is 0 Å². The topological polar surface area (TPSA) is 97.3 Å². The minimum Gasteiger partial charge on any atom is -0.423 e. The van der Waals surface area contributed by atoms with Crippen LogP contribution in [0.1, 0.15) is 18.4 Å². The van der Waals surface area contributed by atoms with E-state index in [1.807, 2.05) is 25.1 Å². The third kappa shape index (κ3) is 2.90. The van der Waals surface area contributed by atoms with E-state index in [-0.39, 0.29) is 24.5 Å². The van der Waals surface area contributed by atoms with E-state index < -0.39 is 0 Å². The van der Waals surface area contributed by atoms with Crippen molar-refractivity contribution >= 4 is 29.0 Å². The normalized spacial score (nSPS) is 10.9. The second kappa shape index (κ2) is 5.47. The zero-order valence-corrected chi connectivity index (χ0v) is 12.5. The largest absolute Gasteiger partial charge is 0.423 e. The van der Waals surface area contributed by atoms with Crippen molar-refractivity contribution in [3.63, 3.8) is 0 Å². The van der Waals surface area contributed by atoms with Crippen LogP contribution in [0.2, 0.25) is 0 Å². The zero-order valence-electron chi connectivity index (χ0n) is 12.5. The molecule has 0 spiro atoms. The van der Waals surface area contributed by atoms with Gasteiger partial charge >= 0.3 is 12.0 Å². The van der Waals surface area contributed by atoms with Crippen LogP contribution < -0.4 is 5.32 Å². The predicted octanol–water partition coefficient (Wildman–Crippen LogP) is 2.24. The van der Waals surface area contributed by atoms with Gasteiger partial charge in [-0.15, -0.1) is 5.10 Å². The van der Waals surface area contributed by atoms with E-state index >= 15 is 0 Å². The Hall–Kier alpha value is -2.90. The highest BCUT2D eigenvalue weighted by molar-refractivity contribution is 5.75. The summed E-state index contributed by atoms with van der Waals surface area (Å²) in [7, 11) is 1.66. The molecule has 2 heterocycles. The summed E-state index contributed by atoms with van der Waals surface area (Å²) in [5.41, 5.74) is 2.52. The molecule has 0 aliphatic heterocycles. The molecule has 0 unspecified atom stereocenters. The van der Waals surface area contributed by atoms with E-state index in [4.69, 9.17) is 8.83 Å². The summed E-state index contributed by atoms with van der Waals surface area (Å²) in [6.45, 7) is 3.70. The molecule has 0 saturated heterocycles. The number of rotatable bonds is 4. The second-order valence-electron chi connectivity index (χ2n) is 4.99. The van der Waals surface area contributed by atoms with E-state index in [0.717, 1.165) is 11.1 Å². The van der Waals surface area contributed by atoms with E-state index in [1.54, 1.807) is 7.05 Å². The molecule has 114 valence electrons. The van der Waals surface area contributed by atoms with Gasteiger partial charge in [0.2, 0.25) is 11.8 Å². The van der Waals surface area contributed by atoms with Crippen molar-refractivity contribution in [2.75, 3.05) is 12.4 Å². The van der Waals surface area contributed by atoms with Gasteiger partial charge in [-0.05, 0) is 24.6 Å². The Labute approximate surface area is 126 Å². The lowest BCUT2D eigenvalue weighted by atomic mass is 10.2. The van der Waals surface area contributed by atoms with Gasteiger partial charge in [0.25, 0.3) is 0 Å². The number of oxazole rings is 1. The van der Waals surface area contributed by atoms with Gasteiger partial charge in [-0.1, -0.05) is 11.2 Å². The lowest BCUT2D eigenvalue weighted by molar-refractivity contribution is -0.128. The number of hydrogen-bond donors (Lipinski definition) is 1. The zero-order chi connectivity index (χ0) is 15.7. The van der Waals surface area contributed by atoms with E-state index in [9.17, 15) is 4.79 Å². The molecule has 1 N–H and O–H groups in total. The Morgan fingerprint density at radius 2 is 2.09 bits per heavy atom. The van der Waals surface area contributed by atoms with Crippen LogP contribution in [0.15, 0.2) is 27.0 Å². The number of anilines is 2. The fourth-order valence-electron chi connectivity index (χ4n) is 1.86. The first-order valence-corrected chi connectivity index (χ1v) is 6.69. The van der Waals surface area contributed by atoms with Gasteiger partial charge in [-0.25, -0.2) is 0 Å². The number of carbonyl (C=O) groups excluding carboxylic acids is 1. The van der Waals surface area contributed by atoms with Crippen LogP contribution in [0.5, 0.6) is 0 Å². The van der Waals surface area contributed by atoms with Gasteiger partial charge in [-0.2, -0.15) is 4.98 Å². The molecule has 8 heteroatoms. The van der Waals surface area contributed by atoms with Crippen molar-refractivity contribution in [1.29, 1.82) is 0 Å². The third-order valence-corrected chi connectivity index (χ3v) is 3.13. The number of carbonyl (C=O) groups is 1. The molecule has 22 heavy (non-hydrogen) atoms. The molecule has 1 aromatic carbocycles. The number of fused-ring (bicyclic) bond motifs is 1. The van der Waals surface area contributed by atoms with E-state index in [0.29, 0.717) is 11.5 Å². The standard InChI is InChI=1S/C14H15N5O3/c1-8-4-5-11-10(6-8)15-13(21-11)16-14-18-17-12(22-14)7-19(3)9(2)20/h4-6H,7H2,1-3H3,(H,15,16,18). The lowest BCUT2D eigenvalue weighted by Gasteiger charge is -2.10. The number of hydrogen-bond acceptors (Lipinski definition) is 7. The summed E-state index contributed by atoms with van der Waals surface area (Å²) < 4.78 is 10.9. The highest BCUT2D eigenvalue weighted by atomic mass is 16.4. The summed E-state index contributed by atoms with van der Waals surface area (Å²) in [4.78, 5) is 16.9. The predicted molar refractivity (Wildman–Crippen MR) is 78.5 cm³/mol. The molecule has 3 rings (SSSR count). The molecule has 0 bridgehead atoms. The highest BCUT2D eigenvalue weighted by Gasteiger charge is 2.13. The average molecular weight is 301 g/mol. The van der Waals surface area contributed by atoms with Gasteiger partial charge in [0.1, 0.15) is 5.52 Å². The maximum atomic E-state index is 11.2. The number of aryl methyl sites for hydroxylation is 1. The smallest absolute Gasteiger partial charge is 0.323 e. The number of benzene rings is 1. The Bertz CT molecular complexity index is 823. The van der Waals surface area contributed by atoms with Crippen molar-refractivity contribution in [2.24, 2.45) is 0 Å². The van der Waals surface area contributed by atoms with Crippen LogP contribution in [0.25, 0.3) is 11.1 Å². The van der Waals surface area contributed by atoms with Gasteiger partial charge in [0, 0.05) is 14.0 Å². The number of nitrogens with one attached hydrogen (secondary N) is 1. The van der Waals surface area contributed by atoms with E-state index in [2.05, 4.69) is 20.5 Å². The molecular weight excluding hydrogens is 286 g/mol. The van der Waals surface area contributed by atoms with Crippen molar-refractivity contribution < 1.29 is 13.6 Å². The lowest BCUT2D eigenvalue weighted by Crippen LogP contribution is -2.23. The average Bonchev–Trinajstić information content (AvgIpc) is 3.05. The first kappa shape index (κ1) is 14.1. The molecule has 0 atom stereocenters. The van der Waals surface area contributed by atoms with Crippen molar-refractivity contribution in [3.05, 3.63) is 29.7 Å². The quantitative estimate of drug-likeness (QED) is 0.789. The first-order valence-electron chi connectivity index (χ1n) is 6.69. The molecular formula is C14H15N5O3. The SMILES string of the molecule is CC(=O)N(C)Cc1nnc(Nc2nc3cc(C)ccc3o2)o1. The molecule has 0 aliphatic carbocycles. The fraction of sp³-hybridized carbons (Fsp3) is 0.286. The summed E-state index contributed by atoms with van der Waals surface area (Å²) in [5.74, 6) is 0.245. The summed E-state index contributed by atoms with van der Waals surface area (Å²) in [6, 6.07) is 6.15. The maximum absolute atomic E-state index is 11.2. The summed E-state index contributed by atoms with van der Waals surface area (Å²) in [5, 5.41) is 10.5. The van der Waals surface area contributed by atoms with Gasteiger partial charge in [0.05, 0.1) is 6.54 Å². The van der Waals surface area contributed by atoms with Crippen molar-refractivity contribution in [2.45, 2.75) is 20.4 Å². The van der Waals surface area contributed by atoms with Crippen LogP contribution in [-0.2, 0) is 11.3 Å². The van der Waals surface area contributed by atoms with Crippen molar-refractivity contribution in [1.82, 2.24) is 20.1 Å². The van der Waals surface area contributed by atoms with Crippen molar-refractivity contribution in [3.8, 4) is 0 Å². The summed E-state index contributed by atoms with van der Waals surface area (Å²) in [6.07, 6.45) is 0. The number of nitrogens with zero attached hydrogens (tertiary/aromatic N) is 4. The molecule has 8 nitrogen and oxygen atoms in total. The second-order valence-corrected chi connectivity index (χ2v) is 4.99. The Morgan fingerprint density at radius 1 is 1.27 bits per heavy atom. The molecule has 3 aromatic rings. The first-order chi connectivity index (χ1) is 10.5. The molecule has 2 aromatic heterocycles. The third-order valence-electron chi connectivity index (χ3n) is 3.13. The van der Waals surface area contributed by atoms with Crippen LogP contribution in [-0.4, -0.2) is 33.0 Å². The highest BCUT2D eigenvalue weighted by Crippen LogP contribution is 2.22. The van der Waals surface area contributed by atoms with E-state index in [1.165, 1.54) is 11.8 Å². The van der Waals surface area contributed by atoms with Gasteiger partial charge < -0.3 is 13.7 Å². The Balaban J connectivity index is 1.74. The molecule has 0 radical (unpaired) electrons. The molecule has 0 aliphatic rings. The van der Waals surface area contributed by atoms with Crippen LogP contribution in [0.4, 0.5) is 12.0 Å². The summed E-state index contributed by atoms with van der Waals surface area (Å²) >= 11 is 0. The fourth-order valence-corrected chi connectivity index (χ4v) is 1.86.